The second-order valence-corrected chi connectivity index (χ2v) is 4.39. The van der Waals surface area contributed by atoms with Gasteiger partial charge in [0.15, 0.2) is 0 Å². The first kappa shape index (κ1) is 18.6. The van der Waals surface area contributed by atoms with E-state index in [2.05, 4.69) is 10.1 Å². The van der Waals surface area contributed by atoms with Gasteiger partial charge in [0.1, 0.15) is 5.75 Å². The van der Waals surface area contributed by atoms with Crippen LogP contribution in [0.3, 0.4) is 0 Å². The van der Waals surface area contributed by atoms with Gasteiger partial charge < -0.3 is 15.8 Å². The molecule has 7 heteroatoms. The molecule has 0 bridgehead atoms. The fraction of sp³-hybridized carbons (Fsp3) is 0.462. The molecule has 4 nitrogen and oxygen atoms in total. The molecular weight excluding hydrogens is 290 g/mol. The molecule has 1 rings (SSSR count). The number of hydrogen-bond acceptors (Lipinski definition) is 3. The van der Waals surface area contributed by atoms with Crippen LogP contribution in [0.1, 0.15) is 19.4 Å². The number of amides is 1. The molecule has 0 aliphatic carbocycles. The van der Waals surface area contributed by atoms with Crippen LogP contribution in [0.15, 0.2) is 24.3 Å². The first-order valence-electron chi connectivity index (χ1n) is 5.97. The zero-order chi connectivity index (χ0) is 14.4. The molecule has 0 spiro atoms. The van der Waals surface area contributed by atoms with Crippen LogP contribution in [-0.4, -0.2) is 18.6 Å². The van der Waals surface area contributed by atoms with Crippen molar-refractivity contribution in [2.75, 3.05) is 0 Å². The molecule has 114 valence electrons. The molecule has 3 N–H and O–H groups in total. The van der Waals surface area contributed by atoms with Crippen molar-refractivity contribution in [1.82, 2.24) is 5.32 Å². The predicted octanol–water partition coefficient (Wildman–Crippen LogP) is 2.31. The van der Waals surface area contributed by atoms with E-state index in [-0.39, 0.29) is 42.6 Å². The van der Waals surface area contributed by atoms with Gasteiger partial charge in [-0.3, -0.25) is 4.79 Å². The zero-order valence-corrected chi connectivity index (χ0v) is 12.1. The first-order chi connectivity index (χ1) is 8.90. The third kappa shape index (κ3) is 6.16. The highest BCUT2D eigenvalue weighted by Crippen LogP contribution is 2.15. The molecule has 0 fully saturated rings. The summed E-state index contributed by atoms with van der Waals surface area (Å²) >= 11 is 0. The number of hydrogen-bond donors (Lipinski definition) is 2. The molecule has 0 saturated heterocycles. The number of benzene rings is 1. The highest BCUT2D eigenvalue weighted by molar-refractivity contribution is 5.85. The van der Waals surface area contributed by atoms with Crippen molar-refractivity contribution in [1.29, 1.82) is 0 Å². The molecule has 0 aromatic heterocycles. The Bertz CT molecular complexity index is 431. The highest BCUT2D eigenvalue weighted by Gasteiger charge is 2.16. The van der Waals surface area contributed by atoms with Crippen molar-refractivity contribution >= 4 is 18.3 Å². The summed E-state index contributed by atoms with van der Waals surface area (Å²) in [7, 11) is 0. The van der Waals surface area contributed by atoms with Crippen molar-refractivity contribution in [3.05, 3.63) is 29.8 Å². The number of ether oxygens (including phenoxy) is 1. The first-order valence-corrected chi connectivity index (χ1v) is 5.97. The Kier molecular flexibility index (Phi) is 8.10. The maximum Gasteiger partial charge on any atom is 0.387 e. The third-order valence-corrected chi connectivity index (χ3v) is 2.79. The minimum Gasteiger partial charge on any atom is -0.435 e. The summed E-state index contributed by atoms with van der Waals surface area (Å²) in [5.41, 5.74) is 6.30. The monoisotopic (exact) mass is 308 g/mol. The lowest BCUT2D eigenvalue weighted by Gasteiger charge is -2.15. The Balaban J connectivity index is 0.00000361. The van der Waals surface area contributed by atoms with Crippen molar-refractivity contribution in [3.8, 4) is 5.75 Å². The molecule has 2 atom stereocenters. The topological polar surface area (TPSA) is 64.4 Å². The van der Waals surface area contributed by atoms with Crippen LogP contribution in [-0.2, 0) is 11.3 Å². The Hall–Kier alpha value is -1.40. The van der Waals surface area contributed by atoms with Gasteiger partial charge in [-0.1, -0.05) is 19.1 Å². The minimum absolute atomic E-state index is 0. The van der Waals surface area contributed by atoms with Gasteiger partial charge in [0.2, 0.25) is 5.91 Å². The van der Waals surface area contributed by atoms with E-state index in [4.69, 9.17) is 5.73 Å². The lowest BCUT2D eigenvalue weighted by molar-refractivity contribution is -0.125. The maximum absolute atomic E-state index is 12.1. The van der Waals surface area contributed by atoms with Gasteiger partial charge in [-0.25, -0.2) is 0 Å². The van der Waals surface area contributed by atoms with E-state index in [1.54, 1.807) is 26.0 Å². The van der Waals surface area contributed by atoms with Crippen molar-refractivity contribution in [2.24, 2.45) is 11.7 Å². The number of rotatable bonds is 6. The molecule has 0 saturated carbocycles. The molecule has 0 aliphatic rings. The number of alkyl halides is 2. The van der Waals surface area contributed by atoms with Crippen molar-refractivity contribution in [2.45, 2.75) is 33.0 Å². The number of nitrogens with two attached hydrogens (primary N) is 1. The number of nitrogens with one attached hydrogen (secondary N) is 1. The average Bonchev–Trinajstić information content (AvgIpc) is 2.34. The lowest BCUT2D eigenvalue weighted by atomic mass is 10.0. The molecule has 1 aromatic rings. The van der Waals surface area contributed by atoms with E-state index < -0.39 is 6.61 Å². The van der Waals surface area contributed by atoms with Crippen LogP contribution in [0.25, 0.3) is 0 Å². The van der Waals surface area contributed by atoms with Gasteiger partial charge in [0.25, 0.3) is 0 Å². The SMILES string of the molecule is CC(N)C(C)C(=O)NCc1cccc(OC(F)F)c1.Cl. The zero-order valence-electron chi connectivity index (χ0n) is 11.3. The summed E-state index contributed by atoms with van der Waals surface area (Å²) in [6.07, 6.45) is 0. The van der Waals surface area contributed by atoms with Crippen LogP contribution in [0.5, 0.6) is 5.75 Å². The van der Waals surface area contributed by atoms with Gasteiger partial charge in [-0.05, 0) is 24.6 Å². The fourth-order valence-corrected chi connectivity index (χ4v) is 1.42. The van der Waals surface area contributed by atoms with E-state index in [1.165, 1.54) is 12.1 Å². The summed E-state index contributed by atoms with van der Waals surface area (Å²) in [6, 6.07) is 5.96. The fourth-order valence-electron chi connectivity index (χ4n) is 1.42. The van der Waals surface area contributed by atoms with E-state index in [0.29, 0.717) is 5.56 Å². The number of halogens is 3. The molecule has 0 heterocycles. The quantitative estimate of drug-likeness (QED) is 0.847. The van der Waals surface area contributed by atoms with Gasteiger partial charge in [0.05, 0.1) is 0 Å². The van der Waals surface area contributed by atoms with E-state index in [1.807, 2.05) is 0 Å². The molecule has 2 unspecified atom stereocenters. The Morgan fingerprint density at radius 2 is 2.05 bits per heavy atom. The van der Waals surface area contributed by atoms with Crippen LogP contribution in [0, 0.1) is 5.92 Å². The second kappa shape index (κ2) is 8.71. The van der Waals surface area contributed by atoms with Crippen molar-refractivity contribution < 1.29 is 18.3 Å². The predicted molar refractivity (Wildman–Crippen MR) is 75.0 cm³/mol. The van der Waals surface area contributed by atoms with Gasteiger partial charge >= 0.3 is 6.61 Å². The van der Waals surface area contributed by atoms with Gasteiger partial charge in [0, 0.05) is 18.5 Å². The minimum atomic E-state index is -2.86. The number of carbonyl (C=O) groups is 1. The summed E-state index contributed by atoms with van der Waals surface area (Å²) in [4.78, 5) is 11.7. The van der Waals surface area contributed by atoms with E-state index in [9.17, 15) is 13.6 Å². The molecular formula is C13H19ClF2N2O2. The average molecular weight is 309 g/mol. The summed E-state index contributed by atoms with van der Waals surface area (Å²) < 4.78 is 28.4. The molecule has 1 amide bonds. The van der Waals surface area contributed by atoms with Crippen LogP contribution < -0.4 is 15.8 Å². The summed E-state index contributed by atoms with van der Waals surface area (Å²) in [5, 5.41) is 2.70. The van der Waals surface area contributed by atoms with Gasteiger partial charge in [-0.2, -0.15) is 8.78 Å². The second-order valence-electron chi connectivity index (χ2n) is 4.39. The van der Waals surface area contributed by atoms with Gasteiger partial charge in [-0.15, -0.1) is 12.4 Å². The lowest BCUT2D eigenvalue weighted by Crippen LogP contribution is -2.38. The van der Waals surface area contributed by atoms with Crippen LogP contribution in [0.2, 0.25) is 0 Å². The van der Waals surface area contributed by atoms with E-state index >= 15 is 0 Å². The third-order valence-electron chi connectivity index (χ3n) is 2.79. The molecule has 1 aromatic carbocycles. The van der Waals surface area contributed by atoms with Crippen molar-refractivity contribution in [3.63, 3.8) is 0 Å². The summed E-state index contributed by atoms with van der Waals surface area (Å²) in [5.74, 6) is -0.405. The largest absolute Gasteiger partial charge is 0.435 e. The maximum atomic E-state index is 12.1. The molecule has 0 radical (unpaired) electrons. The highest BCUT2D eigenvalue weighted by atomic mass is 35.5. The smallest absolute Gasteiger partial charge is 0.387 e. The summed E-state index contributed by atoms with van der Waals surface area (Å²) in [6.45, 7) is 0.872. The normalized spacial score (nSPS) is 13.3. The van der Waals surface area contributed by atoms with E-state index in [0.717, 1.165) is 0 Å². The molecule has 0 aliphatic heterocycles. The molecule has 20 heavy (non-hydrogen) atoms. The van der Waals surface area contributed by atoms with Crippen LogP contribution >= 0.6 is 12.4 Å². The Morgan fingerprint density at radius 3 is 2.60 bits per heavy atom. The Labute approximate surface area is 123 Å². The van der Waals surface area contributed by atoms with Crippen LogP contribution in [0.4, 0.5) is 8.78 Å². The standard InChI is InChI=1S/C13H18F2N2O2.ClH/c1-8(9(2)16)12(18)17-7-10-4-3-5-11(6-10)19-13(14)15;/h3-6,8-9,13H,7,16H2,1-2H3,(H,17,18);1H. The number of carbonyl (C=O) groups excluding carboxylic acids is 1. The Morgan fingerprint density at radius 1 is 1.40 bits per heavy atom.